The van der Waals surface area contributed by atoms with Gasteiger partial charge in [0.25, 0.3) is 0 Å². The quantitative estimate of drug-likeness (QED) is 0.661. The number of rotatable bonds is 4. The van der Waals surface area contributed by atoms with Crippen molar-refractivity contribution in [2.45, 2.75) is 13.8 Å². The van der Waals surface area contributed by atoms with E-state index in [0.717, 1.165) is 50.4 Å². The maximum Gasteiger partial charge on any atom is 0.126 e. The molecule has 1 aromatic rings. The summed E-state index contributed by atoms with van der Waals surface area (Å²) in [4.78, 5) is 15.6. The fourth-order valence-electron chi connectivity index (χ4n) is 2.54. The van der Waals surface area contributed by atoms with E-state index in [-0.39, 0.29) is 5.41 Å². The lowest BCUT2D eigenvalue weighted by molar-refractivity contribution is -0.115. The van der Waals surface area contributed by atoms with Crippen LogP contribution >= 0.6 is 0 Å². The predicted octanol–water partition coefficient (Wildman–Crippen LogP) is 1.62. The molecule has 19 heavy (non-hydrogen) atoms. The molecule has 2 rings (SSSR count). The topological polar surface area (TPSA) is 49.6 Å². The zero-order valence-corrected chi connectivity index (χ0v) is 11.8. The number of carbonyl (C=O) groups is 1. The minimum atomic E-state index is -0.256. The minimum Gasteiger partial charge on any atom is -0.397 e. The van der Waals surface area contributed by atoms with Gasteiger partial charge in [-0.1, -0.05) is 26.0 Å². The second kappa shape index (κ2) is 5.61. The van der Waals surface area contributed by atoms with Crippen molar-refractivity contribution in [2.24, 2.45) is 5.41 Å². The van der Waals surface area contributed by atoms with Gasteiger partial charge in [0, 0.05) is 38.1 Å². The lowest BCUT2D eigenvalue weighted by Crippen LogP contribution is -2.49. The van der Waals surface area contributed by atoms with Gasteiger partial charge in [-0.15, -0.1) is 0 Å². The summed E-state index contributed by atoms with van der Waals surface area (Å²) in [6, 6.07) is 7.99. The summed E-state index contributed by atoms with van der Waals surface area (Å²) in [7, 11) is 0. The van der Waals surface area contributed by atoms with E-state index in [4.69, 9.17) is 5.73 Å². The normalized spacial score (nSPS) is 17.5. The van der Waals surface area contributed by atoms with Crippen molar-refractivity contribution in [3.63, 3.8) is 0 Å². The molecule has 0 aromatic heterocycles. The molecule has 1 aromatic carbocycles. The Bertz CT molecular complexity index is 437. The van der Waals surface area contributed by atoms with Crippen molar-refractivity contribution in [1.29, 1.82) is 0 Å². The van der Waals surface area contributed by atoms with Gasteiger partial charge in [-0.25, -0.2) is 0 Å². The van der Waals surface area contributed by atoms with Crippen molar-refractivity contribution in [2.75, 3.05) is 43.4 Å². The zero-order chi connectivity index (χ0) is 13.9. The molecule has 1 fully saturated rings. The van der Waals surface area contributed by atoms with Crippen LogP contribution in [0.3, 0.4) is 0 Å². The Balaban J connectivity index is 1.93. The molecule has 0 atom stereocenters. The third-order valence-electron chi connectivity index (χ3n) is 3.60. The zero-order valence-electron chi connectivity index (χ0n) is 11.8. The first-order valence-corrected chi connectivity index (χ1v) is 6.80. The maximum absolute atomic E-state index is 11.0. The standard InChI is InChI=1S/C15H23N3O/c1-15(2,12-19)11-17-7-9-18(10-8-17)14-6-4-3-5-13(14)16/h3-6,12H,7-11,16H2,1-2H3. The van der Waals surface area contributed by atoms with Crippen molar-refractivity contribution in [1.82, 2.24) is 4.90 Å². The molecule has 1 saturated heterocycles. The van der Waals surface area contributed by atoms with E-state index in [1.165, 1.54) is 0 Å². The average Bonchev–Trinajstić information content (AvgIpc) is 2.40. The maximum atomic E-state index is 11.0. The molecule has 0 radical (unpaired) electrons. The van der Waals surface area contributed by atoms with Crippen LogP contribution in [0.25, 0.3) is 0 Å². The molecular weight excluding hydrogens is 238 g/mol. The third kappa shape index (κ3) is 3.47. The molecule has 1 aliphatic rings. The largest absolute Gasteiger partial charge is 0.397 e. The highest BCUT2D eigenvalue weighted by atomic mass is 16.1. The third-order valence-corrected chi connectivity index (χ3v) is 3.60. The smallest absolute Gasteiger partial charge is 0.126 e. The first-order chi connectivity index (χ1) is 9.02. The highest BCUT2D eigenvalue weighted by Gasteiger charge is 2.24. The Hall–Kier alpha value is -1.55. The summed E-state index contributed by atoms with van der Waals surface area (Å²) in [5, 5.41) is 0. The monoisotopic (exact) mass is 261 g/mol. The number of anilines is 2. The number of carbonyl (C=O) groups excluding carboxylic acids is 1. The average molecular weight is 261 g/mol. The van der Waals surface area contributed by atoms with Crippen molar-refractivity contribution < 1.29 is 4.79 Å². The van der Waals surface area contributed by atoms with Crippen LogP contribution in [0.2, 0.25) is 0 Å². The molecule has 104 valence electrons. The van der Waals surface area contributed by atoms with E-state index in [1.54, 1.807) is 0 Å². The van der Waals surface area contributed by atoms with E-state index >= 15 is 0 Å². The van der Waals surface area contributed by atoms with Crippen LogP contribution < -0.4 is 10.6 Å². The van der Waals surface area contributed by atoms with Gasteiger partial charge in [0.15, 0.2) is 0 Å². The number of hydrogen-bond acceptors (Lipinski definition) is 4. The van der Waals surface area contributed by atoms with Crippen molar-refractivity contribution >= 4 is 17.7 Å². The van der Waals surface area contributed by atoms with Crippen LogP contribution in [0, 0.1) is 5.41 Å². The Morgan fingerprint density at radius 2 is 1.84 bits per heavy atom. The molecule has 2 N–H and O–H groups in total. The summed E-state index contributed by atoms with van der Waals surface area (Å²) in [6.45, 7) is 8.68. The highest BCUT2D eigenvalue weighted by molar-refractivity contribution is 5.67. The molecule has 0 unspecified atom stereocenters. The van der Waals surface area contributed by atoms with Crippen LogP contribution in [0.15, 0.2) is 24.3 Å². The van der Waals surface area contributed by atoms with Crippen LogP contribution in [0.5, 0.6) is 0 Å². The Morgan fingerprint density at radius 3 is 2.42 bits per heavy atom. The van der Waals surface area contributed by atoms with Gasteiger partial charge in [-0.2, -0.15) is 0 Å². The van der Waals surface area contributed by atoms with E-state index in [1.807, 2.05) is 32.0 Å². The van der Waals surface area contributed by atoms with Crippen LogP contribution in [0.4, 0.5) is 11.4 Å². The van der Waals surface area contributed by atoms with Crippen LogP contribution in [-0.4, -0.2) is 43.9 Å². The molecule has 4 nitrogen and oxygen atoms in total. The number of piperazine rings is 1. The van der Waals surface area contributed by atoms with Gasteiger partial charge < -0.3 is 15.4 Å². The van der Waals surface area contributed by atoms with Gasteiger partial charge >= 0.3 is 0 Å². The summed E-state index contributed by atoms with van der Waals surface area (Å²) < 4.78 is 0. The number of para-hydroxylation sites is 2. The molecule has 1 heterocycles. The highest BCUT2D eigenvalue weighted by Crippen LogP contribution is 2.24. The number of benzene rings is 1. The summed E-state index contributed by atoms with van der Waals surface area (Å²) in [5.41, 5.74) is 7.71. The Labute approximate surface area is 115 Å². The Morgan fingerprint density at radius 1 is 1.21 bits per heavy atom. The lowest BCUT2D eigenvalue weighted by Gasteiger charge is -2.38. The molecule has 0 saturated carbocycles. The predicted molar refractivity (Wildman–Crippen MR) is 79.4 cm³/mol. The van der Waals surface area contributed by atoms with Crippen molar-refractivity contribution in [3.05, 3.63) is 24.3 Å². The Kier molecular flexibility index (Phi) is 4.10. The first kappa shape index (κ1) is 13.9. The number of nitrogens with zero attached hydrogens (tertiary/aromatic N) is 2. The molecule has 0 bridgehead atoms. The van der Waals surface area contributed by atoms with Gasteiger partial charge in [-0.05, 0) is 12.1 Å². The lowest BCUT2D eigenvalue weighted by atomic mass is 9.95. The summed E-state index contributed by atoms with van der Waals surface area (Å²) >= 11 is 0. The summed E-state index contributed by atoms with van der Waals surface area (Å²) in [6.07, 6.45) is 1.05. The van der Waals surface area contributed by atoms with E-state index in [0.29, 0.717) is 0 Å². The fraction of sp³-hybridized carbons (Fsp3) is 0.533. The number of hydrogen-bond donors (Lipinski definition) is 1. The molecule has 0 amide bonds. The molecule has 4 heteroatoms. The first-order valence-electron chi connectivity index (χ1n) is 6.80. The SMILES string of the molecule is CC(C)(C=O)CN1CCN(c2ccccc2N)CC1. The molecule has 0 spiro atoms. The summed E-state index contributed by atoms with van der Waals surface area (Å²) in [5.74, 6) is 0. The van der Waals surface area contributed by atoms with Gasteiger partial charge in [0.05, 0.1) is 11.4 Å². The molecule has 0 aliphatic carbocycles. The van der Waals surface area contributed by atoms with Gasteiger partial charge in [0.1, 0.15) is 6.29 Å². The van der Waals surface area contributed by atoms with E-state index in [2.05, 4.69) is 15.9 Å². The second-order valence-electron chi connectivity index (χ2n) is 5.93. The van der Waals surface area contributed by atoms with Gasteiger partial charge in [-0.3, -0.25) is 4.90 Å². The minimum absolute atomic E-state index is 0.256. The number of nitrogens with two attached hydrogens (primary N) is 1. The number of nitrogen functional groups attached to an aromatic ring is 1. The second-order valence-corrected chi connectivity index (χ2v) is 5.93. The van der Waals surface area contributed by atoms with E-state index < -0.39 is 0 Å². The molecule has 1 aliphatic heterocycles. The van der Waals surface area contributed by atoms with Crippen molar-refractivity contribution in [3.8, 4) is 0 Å². The van der Waals surface area contributed by atoms with Crippen LogP contribution in [0.1, 0.15) is 13.8 Å². The van der Waals surface area contributed by atoms with Crippen LogP contribution in [-0.2, 0) is 4.79 Å². The molecular formula is C15H23N3O. The van der Waals surface area contributed by atoms with Gasteiger partial charge in [0.2, 0.25) is 0 Å². The number of aldehydes is 1. The fourth-order valence-corrected chi connectivity index (χ4v) is 2.54. The van der Waals surface area contributed by atoms with E-state index in [9.17, 15) is 4.79 Å².